The smallest absolute Gasteiger partial charge is 0.220 e. The Balaban J connectivity index is 2.95. The molecule has 0 aliphatic heterocycles. The van der Waals surface area contributed by atoms with E-state index in [1.807, 2.05) is 43.3 Å². The molecule has 0 saturated carbocycles. The van der Waals surface area contributed by atoms with Crippen LogP contribution in [0.5, 0.6) is 0 Å². The van der Waals surface area contributed by atoms with Crippen LogP contribution in [0, 0.1) is 0 Å². The zero-order valence-electron chi connectivity index (χ0n) is 10.4. The fraction of sp³-hybridized carbons (Fsp3) is 0.385. The minimum absolute atomic E-state index is 0.327. The zero-order chi connectivity index (χ0) is 13.8. The molecule has 0 radical (unpaired) electrons. The van der Waals surface area contributed by atoms with Gasteiger partial charge < -0.3 is 9.64 Å². The first kappa shape index (κ1) is 15.6. The van der Waals surface area contributed by atoms with Crippen molar-refractivity contribution in [3.05, 3.63) is 42.5 Å². The van der Waals surface area contributed by atoms with Gasteiger partial charge in [0.15, 0.2) is 0 Å². The van der Waals surface area contributed by atoms with Gasteiger partial charge in [-0.2, -0.15) is 0 Å². The van der Waals surface area contributed by atoms with E-state index in [0.29, 0.717) is 6.61 Å². The number of nitrogens with zero attached hydrogens (tertiary/aromatic N) is 1. The monoisotopic (exact) mass is 307 g/mol. The van der Waals surface area contributed by atoms with Gasteiger partial charge >= 0.3 is 0 Å². The van der Waals surface area contributed by atoms with Crippen LogP contribution in [-0.4, -0.2) is 24.5 Å². The average Bonchev–Trinajstić information content (AvgIpc) is 2.28. The predicted octanol–water partition coefficient (Wildman–Crippen LogP) is 4.37. The second-order valence-electron chi connectivity index (χ2n) is 4.03. The fourth-order valence-electron chi connectivity index (χ4n) is 1.49. The third-order valence-electron chi connectivity index (χ3n) is 2.39. The van der Waals surface area contributed by atoms with Crippen molar-refractivity contribution in [1.29, 1.82) is 0 Å². The van der Waals surface area contributed by atoms with Gasteiger partial charge in [-0.1, -0.05) is 53.0 Å². The van der Waals surface area contributed by atoms with Crippen LogP contribution in [0.15, 0.2) is 36.9 Å². The van der Waals surface area contributed by atoms with Crippen LogP contribution in [-0.2, 0) is 4.74 Å². The predicted molar refractivity (Wildman–Crippen MR) is 79.9 cm³/mol. The van der Waals surface area contributed by atoms with Crippen molar-refractivity contribution in [2.75, 3.05) is 25.6 Å². The molecular weight excluding hydrogens is 293 g/mol. The van der Waals surface area contributed by atoms with Crippen LogP contribution in [0.4, 0.5) is 5.69 Å². The van der Waals surface area contributed by atoms with Crippen molar-refractivity contribution in [1.82, 2.24) is 0 Å². The van der Waals surface area contributed by atoms with Gasteiger partial charge in [-0.25, -0.2) is 0 Å². The summed E-state index contributed by atoms with van der Waals surface area (Å²) in [6.07, 6.45) is 1.01. The number of ether oxygens (including phenoxy) is 1. The Morgan fingerprint density at radius 1 is 1.28 bits per heavy atom. The van der Waals surface area contributed by atoms with Gasteiger partial charge in [-0.3, -0.25) is 0 Å². The molecule has 0 N–H and O–H groups in total. The molecule has 0 spiro atoms. The Labute approximate surface area is 123 Å². The van der Waals surface area contributed by atoms with Crippen molar-refractivity contribution in [2.24, 2.45) is 0 Å². The van der Waals surface area contributed by atoms with Crippen LogP contribution < -0.4 is 4.90 Å². The largest absolute Gasteiger partial charge is 0.378 e. The molecule has 0 aromatic heterocycles. The lowest BCUT2D eigenvalue weighted by atomic mass is 10.1. The quantitative estimate of drug-likeness (QED) is 0.592. The molecule has 1 aromatic rings. The number of alkyl halides is 3. The maximum atomic E-state index is 5.93. The minimum Gasteiger partial charge on any atom is -0.378 e. The van der Waals surface area contributed by atoms with Gasteiger partial charge in [0, 0.05) is 19.8 Å². The summed E-state index contributed by atoms with van der Waals surface area (Å²) >= 11 is 17.8. The van der Waals surface area contributed by atoms with E-state index in [1.54, 1.807) is 6.08 Å². The van der Waals surface area contributed by atoms with E-state index in [9.17, 15) is 0 Å². The number of anilines is 1. The lowest BCUT2D eigenvalue weighted by Gasteiger charge is -2.25. The van der Waals surface area contributed by atoms with Gasteiger partial charge in [0.2, 0.25) is 3.79 Å². The normalized spacial score (nSPS) is 13.2. The van der Waals surface area contributed by atoms with E-state index in [2.05, 4.69) is 6.58 Å². The molecule has 0 heterocycles. The molecule has 5 heteroatoms. The van der Waals surface area contributed by atoms with Gasteiger partial charge in [-0.15, -0.1) is 6.58 Å². The Kier molecular flexibility index (Phi) is 5.80. The standard InChI is InChI=1S/C13H16Cl3NO/c1-4-9-18-12(13(14,15)16)10-5-7-11(8-6-10)17(2)3/h4-8,12H,1,9H2,2-3H3. The fourth-order valence-corrected chi connectivity index (χ4v) is 2.06. The van der Waals surface area contributed by atoms with Crippen molar-refractivity contribution in [3.63, 3.8) is 0 Å². The summed E-state index contributed by atoms with van der Waals surface area (Å²) in [6, 6.07) is 7.70. The molecule has 100 valence electrons. The molecule has 0 aliphatic carbocycles. The molecule has 2 nitrogen and oxygen atoms in total. The molecule has 18 heavy (non-hydrogen) atoms. The van der Waals surface area contributed by atoms with Crippen molar-refractivity contribution in [3.8, 4) is 0 Å². The van der Waals surface area contributed by atoms with Crippen LogP contribution in [0.25, 0.3) is 0 Å². The van der Waals surface area contributed by atoms with Gasteiger partial charge in [0.25, 0.3) is 0 Å². The van der Waals surface area contributed by atoms with Crippen LogP contribution in [0.2, 0.25) is 0 Å². The van der Waals surface area contributed by atoms with Gasteiger partial charge in [-0.05, 0) is 17.7 Å². The molecule has 0 fully saturated rings. The summed E-state index contributed by atoms with van der Waals surface area (Å²) in [7, 11) is 3.94. The summed E-state index contributed by atoms with van der Waals surface area (Å²) in [5.74, 6) is 0. The van der Waals surface area contributed by atoms with E-state index in [0.717, 1.165) is 11.3 Å². The highest BCUT2D eigenvalue weighted by Gasteiger charge is 2.34. The van der Waals surface area contributed by atoms with E-state index >= 15 is 0 Å². The average molecular weight is 309 g/mol. The number of rotatable bonds is 5. The Morgan fingerprint density at radius 2 is 1.83 bits per heavy atom. The van der Waals surface area contributed by atoms with Gasteiger partial charge in [0.1, 0.15) is 6.10 Å². The summed E-state index contributed by atoms with van der Waals surface area (Å²) in [5, 5.41) is 0. The third-order valence-corrected chi connectivity index (χ3v) is 2.98. The topological polar surface area (TPSA) is 12.5 Å². The molecular formula is C13H16Cl3NO. The van der Waals surface area contributed by atoms with Crippen LogP contribution >= 0.6 is 34.8 Å². The highest BCUT2D eigenvalue weighted by atomic mass is 35.6. The molecule has 0 saturated heterocycles. The highest BCUT2D eigenvalue weighted by molar-refractivity contribution is 6.68. The molecule has 0 bridgehead atoms. The summed E-state index contributed by atoms with van der Waals surface area (Å²) < 4.78 is 4.00. The minimum atomic E-state index is -1.51. The van der Waals surface area contributed by atoms with Crippen molar-refractivity contribution in [2.45, 2.75) is 9.90 Å². The molecule has 1 aromatic carbocycles. The summed E-state index contributed by atoms with van der Waals surface area (Å²) in [4.78, 5) is 2.00. The maximum Gasteiger partial charge on any atom is 0.220 e. The van der Waals surface area contributed by atoms with Crippen molar-refractivity contribution < 1.29 is 4.74 Å². The summed E-state index contributed by atoms with van der Waals surface area (Å²) in [5.41, 5.74) is 1.90. The van der Waals surface area contributed by atoms with Crippen molar-refractivity contribution >= 4 is 40.5 Å². The molecule has 1 atom stereocenters. The second-order valence-corrected chi connectivity index (χ2v) is 6.40. The molecule has 0 amide bonds. The van der Waals surface area contributed by atoms with Crippen LogP contribution in [0.3, 0.4) is 0 Å². The lowest BCUT2D eigenvalue weighted by molar-refractivity contribution is 0.0772. The first-order valence-corrected chi connectivity index (χ1v) is 6.56. The van der Waals surface area contributed by atoms with Gasteiger partial charge in [0.05, 0.1) is 6.61 Å². The van der Waals surface area contributed by atoms with E-state index in [1.165, 1.54) is 0 Å². The highest BCUT2D eigenvalue weighted by Crippen LogP contribution is 2.42. The lowest BCUT2D eigenvalue weighted by Crippen LogP contribution is -2.20. The Morgan fingerprint density at radius 3 is 2.22 bits per heavy atom. The number of halogens is 3. The first-order chi connectivity index (χ1) is 8.36. The Hall–Kier alpha value is -0.410. The molecule has 1 unspecified atom stereocenters. The van der Waals surface area contributed by atoms with E-state index in [4.69, 9.17) is 39.5 Å². The van der Waals surface area contributed by atoms with Crippen LogP contribution in [0.1, 0.15) is 11.7 Å². The maximum absolute atomic E-state index is 5.93. The van der Waals surface area contributed by atoms with E-state index < -0.39 is 9.90 Å². The van der Waals surface area contributed by atoms with E-state index in [-0.39, 0.29) is 0 Å². The third kappa shape index (κ3) is 4.36. The number of hydrogen-bond acceptors (Lipinski definition) is 2. The Bertz CT molecular complexity index is 384. The SMILES string of the molecule is C=CCOC(c1ccc(N(C)C)cc1)C(Cl)(Cl)Cl. The summed E-state index contributed by atoms with van der Waals surface area (Å²) in [6.45, 7) is 3.91. The number of hydrogen-bond donors (Lipinski definition) is 0. The number of benzene rings is 1. The molecule has 0 aliphatic rings. The first-order valence-electron chi connectivity index (χ1n) is 5.42. The second kappa shape index (κ2) is 6.67. The zero-order valence-corrected chi connectivity index (χ0v) is 12.6. The molecule has 1 rings (SSSR count).